The topological polar surface area (TPSA) is 76.4 Å². The van der Waals surface area contributed by atoms with E-state index in [2.05, 4.69) is 0 Å². The van der Waals surface area contributed by atoms with Gasteiger partial charge in [0.2, 0.25) is 0 Å². The van der Waals surface area contributed by atoms with Gasteiger partial charge in [0.25, 0.3) is 0 Å². The number of ether oxygens (including phenoxy) is 2. The second kappa shape index (κ2) is 8.40. The molecule has 118 valence electrons. The molecule has 0 radical (unpaired) electrons. The quantitative estimate of drug-likeness (QED) is 0.721. The minimum atomic E-state index is -1.60. The first-order valence-corrected chi connectivity index (χ1v) is 7.33. The predicted octanol–water partition coefficient (Wildman–Crippen LogP) is 2.91. The molecule has 1 aromatic carbocycles. The summed E-state index contributed by atoms with van der Waals surface area (Å²) < 4.78 is 9.84. The molecule has 6 heteroatoms. The van der Waals surface area contributed by atoms with Crippen LogP contribution in [-0.2, 0) is 25.5 Å². The number of esters is 2. The highest BCUT2D eigenvalue weighted by Crippen LogP contribution is 2.30. The predicted molar refractivity (Wildman–Crippen MR) is 81.1 cm³/mol. The Bertz CT molecular complexity index is 565. The van der Waals surface area contributed by atoms with Gasteiger partial charge in [-0.3, -0.25) is 9.59 Å². The van der Waals surface area contributed by atoms with Gasteiger partial charge < -0.3 is 9.47 Å². The normalized spacial score (nSPS) is 12.8. The van der Waals surface area contributed by atoms with Crippen molar-refractivity contribution in [3.05, 3.63) is 34.9 Å². The van der Waals surface area contributed by atoms with Crippen molar-refractivity contribution in [3.63, 3.8) is 0 Å². The first-order chi connectivity index (χ1) is 10.5. The smallest absolute Gasteiger partial charge is 0.327 e. The standard InChI is InChI=1S/C16H18ClNO4/c1-3-21-14(19)10-16(11-18,15(20)22-4-2)9-12-5-7-13(17)8-6-12/h5-8H,3-4,9-10H2,1-2H3. The van der Waals surface area contributed by atoms with Crippen LogP contribution in [0.15, 0.2) is 24.3 Å². The van der Waals surface area contributed by atoms with Gasteiger partial charge in [-0.1, -0.05) is 23.7 Å². The molecule has 0 aromatic heterocycles. The number of carbonyl (C=O) groups excluding carboxylic acids is 2. The van der Waals surface area contributed by atoms with Gasteiger partial charge in [-0.05, 0) is 31.5 Å². The van der Waals surface area contributed by atoms with Crippen molar-refractivity contribution < 1.29 is 19.1 Å². The number of carbonyl (C=O) groups is 2. The molecule has 0 heterocycles. The Balaban J connectivity index is 3.08. The summed E-state index contributed by atoms with van der Waals surface area (Å²) in [6.45, 7) is 3.62. The van der Waals surface area contributed by atoms with E-state index in [1.807, 2.05) is 6.07 Å². The number of hydrogen-bond donors (Lipinski definition) is 0. The molecule has 0 fully saturated rings. The monoisotopic (exact) mass is 323 g/mol. The molecule has 0 aliphatic heterocycles. The van der Waals surface area contributed by atoms with Crippen LogP contribution in [0.5, 0.6) is 0 Å². The molecule has 0 bridgehead atoms. The fourth-order valence-corrected chi connectivity index (χ4v) is 2.14. The lowest BCUT2D eigenvalue weighted by molar-refractivity contribution is -0.158. The van der Waals surface area contributed by atoms with Crippen molar-refractivity contribution in [1.82, 2.24) is 0 Å². The van der Waals surface area contributed by atoms with E-state index in [9.17, 15) is 14.9 Å². The van der Waals surface area contributed by atoms with E-state index in [0.717, 1.165) is 0 Å². The third kappa shape index (κ3) is 4.74. The zero-order valence-corrected chi connectivity index (χ0v) is 13.4. The zero-order chi connectivity index (χ0) is 16.6. The SMILES string of the molecule is CCOC(=O)CC(C#N)(Cc1ccc(Cl)cc1)C(=O)OCC. The molecule has 5 nitrogen and oxygen atoms in total. The largest absolute Gasteiger partial charge is 0.466 e. The van der Waals surface area contributed by atoms with E-state index in [4.69, 9.17) is 21.1 Å². The Labute approximate surface area is 134 Å². The number of nitriles is 1. The highest BCUT2D eigenvalue weighted by atomic mass is 35.5. The minimum Gasteiger partial charge on any atom is -0.466 e. The lowest BCUT2D eigenvalue weighted by Gasteiger charge is -2.23. The van der Waals surface area contributed by atoms with Crippen LogP contribution < -0.4 is 0 Å². The molecule has 0 saturated heterocycles. The van der Waals surface area contributed by atoms with Gasteiger partial charge in [-0.25, -0.2) is 0 Å². The Kier molecular flexibility index (Phi) is 6.87. The van der Waals surface area contributed by atoms with Gasteiger partial charge in [0, 0.05) is 11.4 Å². The number of benzene rings is 1. The second-order valence-electron chi connectivity index (χ2n) is 4.70. The molecule has 1 rings (SSSR count). The molecular weight excluding hydrogens is 306 g/mol. The van der Waals surface area contributed by atoms with Crippen molar-refractivity contribution >= 4 is 23.5 Å². The van der Waals surface area contributed by atoms with E-state index < -0.39 is 17.4 Å². The average molecular weight is 324 g/mol. The highest BCUT2D eigenvalue weighted by molar-refractivity contribution is 6.30. The molecule has 1 aromatic rings. The molecule has 1 unspecified atom stereocenters. The van der Waals surface area contributed by atoms with Crippen LogP contribution in [0.2, 0.25) is 5.02 Å². The second-order valence-corrected chi connectivity index (χ2v) is 5.14. The van der Waals surface area contributed by atoms with Crippen LogP contribution in [0, 0.1) is 16.7 Å². The Hall–Kier alpha value is -2.06. The molecule has 22 heavy (non-hydrogen) atoms. The van der Waals surface area contributed by atoms with E-state index >= 15 is 0 Å². The molecular formula is C16H18ClNO4. The molecule has 0 saturated carbocycles. The van der Waals surface area contributed by atoms with Crippen molar-refractivity contribution in [1.29, 1.82) is 5.26 Å². The summed E-state index contributed by atoms with van der Waals surface area (Å²) in [4.78, 5) is 24.0. The van der Waals surface area contributed by atoms with E-state index in [-0.39, 0.29) is 26.1 Å². The van der Waals surface area contributed by atoms with Crippen LogP contribution in [0.1, 0.15) is 25.8 Å². The van der Waals surface area contributed by atoms with Gasteiger partial charge in [-0.2, -0.15) is 5.26 Å². The third-order valence-electron chi connectivity index (χ3n) is 3.05. The van der Waals surface area contributed by atoms with E-state index in [1.165, 1.54) is 0 Å². The number of nitrogens with zero attached hydrogens (tertiary/aromatic N) is 1. The summed E-state index contributed by atoms with van der Waals surface area (Å²) in [6, 6.07) is 8.68. The number of halogens is 1. The summed E-state index contributed by atoms with van der Waals surface area (Å²) in [6.07, 6.45) is -0.295. The van der Waals surface area contributed by atoms with Crippen LogP contribution in [0.25, 0.3) is 0 Å². The molecule has 0 spiro atoms. The van der Waals surface area contributed by atoms with Gasteiger partial charge in [-0.15, -0.1) is 0 Å². The van der Waals surface area contributed by atoms with Crippen LogP contribution >= 0.6 is 11.6 Å². The fourth-order valence-electron chi connectivity index (χ4n) is 2.01. The van der Waals surface area contributed by atoms with Crippen molar-refractivity contribution in [2.45, 2.75) is 26.7 Å². The summed E-state index contributed by atoms with van der Waals surface area (Å²) >= 11 is 5.82. The fraction of sp³-hybridized carbons (Fsp3) is 0.438. The summed E-state index contributed by atoms with van der Waals surface area (Å²) in [5.74, 6) is -1.33. The van der Waals surface area contributed by atoms with Crippen molar-refractivity contribution in [2.24, 2.45) is 5.41 Å². The average Bonchev–Trinajstić information content (AvgIpc) is 2.49. The maximum absolute atomic E-state index is 12.2. The van der Waals surface area contributed by atoms with Gasteiger partial charge in [0.15, 0.2) is 5.41 Å². The lowest BCUT2D eigenvalue weighted by atomic mass is 9.80. The van der Waals surface area contributed by atoms with Gasteiger partial charge in [0.05, 0.1) is 25.7 Å². The molecule has 0 aliphatic carbocycles. The molecule has 1 atom stereocenters. The first kappa shape index (κ1) is 18.0. The third-order valence-corrected chi connectivity index (χ3v) is 3.30. The maximum Gasteiger partial charge on any atom is 0.327 e. The summed E-state index contributed by atoms with van der Waals surface area (Å²) in [7, 11) is 0. The lowest BCUT2D eigenvalue weighted by Crippen LogP contribution is -2.36. The number of rotatable bonds is 7. The maximum atomic E-state index is 12.2. The van der Waals surface area contributed by atoms with E-state index in [1.54, 1.807) is 38.1 Å². The molecule has 0 aliphatic rings. The Morgan fingerprint density at radius 2 is 1.77 bits per heavy atom. The molecule has 0 N–H and O–H groups in total. The van der Waals surface area contributed by atoms with Crippen LogP contribution in [-0.4, -0.2) is 25.2 Å². The Morgan fingerprint density at radius 1 is 1.18 bits per heavy atom. The molecule has 0 amide bonds. The van der Waals surface area contributed by atoms with Crippen LogP contribution in [0.3, 0.4) is 0 Å². The summed E-state index contributed by atoms with van der Waals surface area (Å²) in [5.41, 5.74) is -0.890. The Morgan fingerprint density at radius 3 is 2.27 bits per heavy atom. The zero-order valence-electron chi connectivity index (χ0n) is 12.6. The van der Waals surface area contributed by atoms with Crippen molar-refractivity contribution in [2.75, 3.05) is 13.2 Å². The van der Waals surface area contributed by atoms with Crippen LogP contribution in [0.4, 0.5) is 0 Å². The summed E-state index contributed by atoms with van der Waals surface area (Å²) in [5, 5.41) is 10.1. The number of hydrogen-bond acceptors (Lipinski definition) is 5. The van der Waals surface area contributed by atoms with Gasteiger partial charge in [0.1, 0.15) is 0 Å². The first-order valence-electron chi connectivity index (χ1n) is 6.96. The van der Waals surface area contributed by atoms with E-state index in [0.29, 0.717) is 10.6 Å². The minimum absolute atomic E-state index is 0.0539. The van der Waals surface area contributed by atoms with Gasteiger partial charge >= 0.3 is 11.9 Å². The van der Waals surface area contributed by atoms with Crippen molar-refractivity contribution in [3.8, 4) is 6.07 Å². The highest BCUT2D eigenvalue weighted by Gasteiger charge is 2.43.